The minimum atomic E-state index is -0.273. The Kier molecular flexibility index (Phi) is 11.6. The van der Waals surface area contributed by atoms with Crippen molar-refractivity contribution < 1.29 is 14.0 Å². The molecule has 2 saturated carbocycles. The summed E-state index contributed by atoms with van der Waals surface area (Å²) in [4.78, 5) is 37.3. The molecule has 7 nitrogen and oxygen atoms in total. The number of fused-ring (bicyclic) bond motifs is 1. The van der Waals surface area contributed by atoms with Crippen molar-refractivity contribution in [3.05, 3.63) is 48.1 Å². The molecule has 3 fully saturated rings. The van der Waals surface area contributed by atoms with Crippen molar-refractivity contribution in [2.24, 2.45) is 11.3 Å². The number of piperidine rings is 1. The van der Waals surface area contributed by atoms with Gasteiger partial charge in [0.2, 0.25) is 11.8 Å². The monoisotopic (exact) mass is 638 g/mol. The highest BCUT2D eigenvalue weighted by molar-refractivity contribution is 7.59. The van der Waals surface area contributed by atoms with Crippen LogP contribution in [0.4, 0.5) is 0 Å². The van der Waals surface area contributed by atoms with Gasteiger partial charge >= 0.3 is 0 Å². The quantitative estimate of drug-likeness (QED) is 0.194. The zero-order chi connectivity index (χ0) is 29.3. The number of nitrogens with zero attached hydrogens (tertiary/aromatic N) is 3. The van der Waals surface area contributed by atoms with Gasteiger partial charge in [-0.2, -0.15) is 27.0 Å². The molecule has 3 aliphatic rings. The van der Waals surface area contributed by atoms with E-state index in [-0.39, 0.29) is 50.3 Å². The molecule has 1 saturated heterocycles. The van der Waals surface area contributed by atoms with Crippen LogP contribution >= 0.6 is 27.0 Å². The largest absolute Gasteiger partial charge is 0.438 e. The van der Waals surface area contributed by atoms with Crippen LogP contribution in [0, 0.1) is 11.3 Å². The number of aromatic nitrogens is 2. The highest BCUT2D eigenvalue weighted by Gasteiger charge is 2.58. The number of rotatable bonds is 13. The van der Waals surface area contributed by atoms with Gasteiger partial charge in [0.15, 0.2) is 5.76 Å². The molecule has 0 bridgehead atoms. The Morgan fingerprint density at radius 2 is 1.84 bits per heavy atom. The fraction of sp³-hybridized carbons (Fsp3) is 0.600. The van der Waals surface area contributed by atoms with E-state index in [0.717, 1.165) is 74.5 Å². The Balaban J connectivity index is 0.00000221. The van der Waals surface area contributed by atoms with Crippen LogP contribution in [0.15, 0.2) is 40.9 Å². The van der Waals surface area contributed by atoms with Crippen molar-refractivity contribution in [3.8, 4) is 11.3 Å². The number of Topliss-reactive ketones (excluding diaryl/α,β-unsaturated/α-hetero) is 1. The first-order valence-electron chi connectivity index (χ1n) is 16.3. The molecule has 1 spiro atoms. The zero-order valence-corrected chi connectivity index (χ0v) is 28.5. The second-order valence-corrected chi connectivity index (χ2v) is 13.3. The summed E-state index contributed by atoms with van der Waals surface area (Å²) in [5.74, 6) is 2.43. The fourth-order valence-corrected chi connectivity index (χ4v) is 6.79. The van der Waals surface area contributed by atoms with Gasteiger partial charge < -0.3 is 14.6 Å². The molecule has 240 valence electrons. The maximum atomic E-state index is 13.6. The van der Waals surface area contributed by atoms with Gasteiger partial charge in [-0.1, -0.05) is 25.8 Å². The molecule has 6 rings (SSSR count). The number of oxazole rings is 1. The molecule has 44 heavy (non-hydrogen) atoms. The van der Waals surface area contributed by atoms with E-state index in [1.54, 1.807) is 6.20 Å². The van der Waals surface area contributed by atoms with Crippen LogP contribution in [0.2, 0.25) is 0 Å². The van der Waals surface area contributed by atoms with Gasteiger partial charge in [-0.15, -0.1) is 0 Å². The summed E-state index contributed by atoms with van der Waals surface area (Å²) in [5, 5.41) is 4.43. The average molecular weight is 639 g/mol. The number of nitrogens with one attached hydrogen (secondary N) is 1. The molecule has 2 atom stereocenters. The van der Waals surface area contributed by atoms with E-state index in [9.17, 15) is 9.59 Å². The number of unbranched alkanes of at least 4 members (excludes halogenated alkanes) is 2. The first-order chi connectivity index (χ1) is 20.3. The van der Waals surface area contributed by atoms with Gasteiger partial charge in [0.05, 0.1) is 11.7 Å². The Hall–Kier alpha value is -2.36. The molecule has 1 N–H and O–H groups in total. The van der Waals surface area contributed by atoms with Crippen molar-refractivity contribution in [2.75, 3.05) is 13.1 Å². The number of amides is 1. The van der Waals surface area contributed by atoms with Crippen LogP contribution in [0.5, 0.6) is 0 Å². The molecule has 2 aliphatic carbocycles. The second kappa shape index (κ2) is 14.8. The number of hydrogen-bond donors (Lipinski definition) is 1. The summed E-state index contributed by atoms with van der Waals surface area (Å²) in [7, 11) is 0. The second-order valence-electron chi connectivity index (χ2n) is 13.3. The smallest absolute Gasteiger partial charge is 0.224 e. The van der Waals surface area contributed by atoms with E-state index >= 15 is 0 Å². The standard InChI is InChI=1S/C35H46N4O3.2H2S/c1-4-27(40)8-6-5-7-9-31(38-33(41)28-21-35(28)16-18-39(19-17-35)23(2)3)34-36-22-32(42-34)26-13-15-30-25(20-26)12-14-29(37-30)24-10-11-24;;/h12-15,20,22-24,28,31H,4-11,16-19,21H2,1-3H3,(H,38,41);2*1H2/t28-,31+;;/m1../s1. The van der Waals surface area contributed by atoms with Crippen molar-refractivity contribution in [2.45, 2.75) is 109 Å². The van der Waals surface area contributed by atoms with Crippen LogP contribution < -0.4 is 5.32 Å². The summed E-state index contributed by atoms with van der Waals surface area (Å²) < 4.78 is 6.34. The number of ketones is 1. The lowest BCUT2D eigenvalue weighted by atomic mass is 9.90. The molecule has 1 aromatic carbocycles. The van der Waals surface area contributed by atoms with Gasteiger partial charge in [-0.3, -0.25) is 14.6 Å². The molecule has 3 aromatic rings. The Morgan fingerprint density at radius 3 is 2.55 bits per heavy atom. The van der Waals surface area contributed by atoms with E-state index < -0.39 is 0 Å². The molecular formula is C35H50N4O3S2. The number of benzene rings is 1. The number of pyridine rings is 1. The number of hydrogen-bond acceptors (Lipinski definition) is 6. The maximum Gasteiger partial charge on any atom is 0.224 e. The third kappa shape index (κ3) is 7.88. The normalized spacial score (nSPS) is 19.8. The molecular weight excluding hydrogens is 589 g/mol. The molecule has 3 heterocycles. The fourth-order valence-electron chi connectivity index (χ4n) is 6.79. The van der Waals surface area contributed by atoms with Gasteiger partial charge in [-0.25, -0.2) is 4.98 Å². The summed E-state index contributed by atoms with van der Waals surface area (Å²) >= 11 is 0. The van der Waals surface area contributed by atoms with Gasteiger partial charge in [-0.05, 0) is 102 Å². The van der Waals surface area contributed by atoms with E-state index in [2.05, 4.69) is 53.3 Å². The number of carbonyl (C=O) groups excluding carboxylic acids is 2. The van der Waals surface area contributed by atoms with Gasteiger partial charge in [0.25, 0.3) is 0 Å². The Labute approximate surface area is 276 Å². The lowest BCUT2D eigenvalue weighted by Crippen LogP contribution is -2.41. The summed E-state index contributed by atoms with van der Waals surface area (Å²) in [6, 6.07) is 10.8. The summed E-state index contributed by atoms with van der Waals surface area (Å²) in [5.41, 5.74) is 3.33. The average Bonchev–Trinajstić information content (AvgIpc) is 3.92. The van der Waals surface area contributed by atoms with E-state index in [4.69, 9.17) is 9.40 Å². The highest BCUT2D eigenvalue weighted by atomic mass is 32.1. The van der Waals surface area contributed by atoms with Crippen molar-refractivity contribution in [1.82, 2.24) is 20.2 Å². The Morgan fingerprint density at radius 1 is 1.07 bits per heavy atom. The summed E-state index contributed by atoms with van der Waals surface area (Å²) in [6.45, 7) is 8.58. The third-order valence-electron chi connectivity index (χ3n) is 10.0. The zero-order valence-electron chi connectivity index (χ0n) is 26.5. The van der Waals surface area contributed by atoms with E-state index in [1.807, 2.05) is 13.0 Å². The third-order valence-corrected chi connectivity index (χ3v) is 10.0. The van der Waals surface area contributed by atoms with Crippen LogP contribution in [-0.4, -0.2) is 45.7 Å². The molecule has 0 radical (unpaired) electrons. The predicted octanol–water partition coefficient (Wildman–Crippen LogP) is 7.59. The molecule has 1 aliphatic heterocycles. The minimum absolute atomic E-state index is 0. The SMILES string of the molecule is CCC(=O)CCCCC[C@H](NC(=O)[C@H]1CC12CCN(C(C)C)CC2)c1ncc(-c2ccc3nc(C4CC4)ccc3c2)o1.S.S. The van der Waals surface area contributed by atoms with Crippen molar-refractivity contribution in [3.63, 3.8) is 0 Å². The number of likely N-dealkylation sites (tertiary alicyclic amines) is 1. The number of carbonyl (C=O) groups is 2. The summed E-state index contributed by atoms with van der Waals surface area (Å²) in [6.07, 6.45) is 12.2. The van der Waals surface area contributed by atoms with Crippen LogP contribution in [0.3, 0.4) is 0 Å². The van der Waals surface area contributed by atoms with Crippen LogP contribution in [0.25, 0.3) is 22.2 Å². The first kappa shape index (κ1) is 34.5. The lowest BCUT2D eigenvalue weighted by Gasteiger charge is -2.35. The van der Waals surface area contributed by atoms with E-state index in [1.165, 1.54) is 18.5 Å². The van der Waals surface area contributed by atoms with Crippen LogP contribution in [-0.2, 0) is 9.59 Å². The van der Waals surface area contributed by atoms with Gasteiger partial charge in [0, 0.05) is 47.4 Å². The molecule has 1 amide bonds. The minimum Gasteiger partial charge on any atom is -0.438 e. The maximum absolute atomic E-state index is 13.6. The van der Waals surface area contributed by atoms with Crippen molar-refractivity contribution in [1.29, 1.82) is 0 Å². The molecule has 0 unspecified atom stereocenters. The van der Waals surface area contributed by atoms with Crippen molar-refractivity contribution >= 4 is 49.6 Å². The lowest BCUT2D eigenvalue weighted by molar-refractivity contribution is -0.124. The molecule has 9 heteroatoms. The highest BCUT2D eigenvalue weighted by Crippen LogP contribution is 2.59. The molecule has 2 aromatic heterocycles. The first-order valence-corrected chi connectivity index (χ1v) is 16.3. The van der Waals surface area contributed by atoms with Crippen LogP contribution in [0.1, 0.15) is 115 Å². The Bertz CT molecular complexity index is 1430. The van der Waals surface area contributed by atoms with E-state index in [0.29, 0.717) is 42.2 Å². The van der Waals surface area contributed by atoms with Gasteiger partial charge in [0.1, 0.15) is 11.8 Å². The predicted molar refractivity (Wildman–Crippen MR) is 186 cm³/mol. The topological polar surface area (TPSA) is 88.3 Å².